The maximum Gasteiger partial charge on any atom is 0.123 e. The van der Waals surface area contributed by atoms with Crippen molar-refractivity contribution >= 4 is 23.2 Å². The lowest BCUT2D eigenvalue weighted by molar-refractivity contribution is 0.175. The van der Waals surface area contributed by atoms with Crippen LogP contribution in [0.2, 0.25) is 10.0 Å². The van der Waals surface area contributed by atoms with Gasteiger partial charge in [-0.15, -0.1) is 0 Å². The number of rotatable bonds is 4. The molecule has 0 bridgehead atoms. The van der Waals surface area contributed by atoms with Gasteiger partial charge in [0.15, 0.2) is 0 Å². The normalized spacial score (nSPS) is 12.4. The predicted octanol–water partition coefficient (Wildman–Crippen LogP) is 4.28. The Morgan fingerprint density at radius 1 is 0.895 bits per heavy atom. The van der Waals surface area contributed by atoms with E-state index in [2.05, 4.69) is 0 Å². The summed E-state index contributed by atoms with van der Waals surface area (Å²) in [4.78, 5) is 0. The molecule has 0 spiro atoms. The van der Waals surface area contributed by atoms with E-state index in [1.807, 2.05) is 6.07 Å². The monoisotopic (exact) mass is 298 g/mol. The van der Waals surface area contributed by atoms with Crippen LogP contribution in [0.3, 0.4) is 0 Å². The van der Waals surface area contributed by atoms with Gasteiger partial charge in [0, 0.05) is 0 Å². The first-order valence-electron chi connectivity index (χ1n) is 5.91. The summed E-state index contributed by atoms with van der Waals surface area (Å²) >= 11 is 11.8. The van der Waals surface area contributed by atoms with Gasteiger partial charge < -0.3 is 5.11 Å². The molecule has 1 nitrogen and oxygen atoms in total. The molecule has 0 saturated carbocycles. The molecule has 1 unspecified atom stereocenters. The minimum Gasteiger partial charge on any atom is -0.392 e. The van der Waals surface area contributed by atoms with Crippen molar-refractivity contribution in [1.29, 1.82) is 0 Å². The minimum atomic E-state index is -0.539. The van der Waals surface area contributed by atoms with Gasteiger partial charge in [0.1, 0.15) is 5.82 Å². The molecular weight excluding hydrogens is 286 g/mol. The second-order valence-corrected chi connectivity index (χ2v) is 5.25. The van der Waals surface area contributed by atoms with E-state index in [0.29, 0.717) is 22.9 Å². The Hall–Kier alpha value is -1.09. The molecule has 4 heteroatoms. The Kier molecular flexibility index (Phi) is 4.81. The van der Waals surface area contributed by atoms with Gasteiger partial charge >= 0.3 is 0 Å². The van der Waals surface area contributed by atoms with Gasteiger partial charge in [-0.25, -0.2) is 4.39 Å². The molecule has 0 fully saturated rings. The summed E-state index contributed by atoms with van der Waals surface area (Å²) in [6.45, 7) is 0. The zero-order valence-electron chi connectivity index (χ0n) is 10.1. The highest BCUT2D eigenvalue weighted by molar-refractivity contribution is 6.42. The van der Waals surface area contributed by atoms with Crippen LogP contribution in [0.15, 0.2) is 42.5 Å². The van der Waals surface area contributed by atoms with Crippen molar-refractivity contribution in [3.05, 3.63) is 69.5 Å². The van der Waals surface area contributed by atoms with Crippen LogP contribution in [0.5, 0.6) is 0 Å². The summed E-state index contributed by atoms with van der Waals surface area (Å²) in [6.07, 6.45) is 0.414. The number of hydrogen-bond acceptors (Lipinski definition) is 1. The van der Waals surface area contributed by atoms with Crippen LogP contribution in [0.4, 0.5) is 4.39 Å². The molecule has 0 heterocycles. The molecule has 0 amide bonds. The Morgan fingerprint density at radius 2 is 1.47 bits per heavy atom. The van der Waals surface area contributed by atoms with E-state index in [4.69, 9.17) is 23.2 Å². The van der Waals surface area contributed by atoms with Crippen LogP contribution < -0.4 is 0 Å². The van der Waals surface area contributed by atoms with Gasteiger partial charge in [-0.05, 0) is 48.2 Å². The first-order chi connectivity index (χ1) is 9.04. The van der Waals surface area contributed by atoms with Crippen molar-refractivity contribution in [2.45, 2.75) is 18.9 Å². The smallest absolute Gasteiger partial charge is 0.123 e. The number of benzene rings is 2. The molecule has 0 aromatic heterocycles. The van der Waals surface area contributed by atoms with Gasteiger partial charge in [-0.3, -0.25) is 0 Å². The Balaban J connectivity index is 1.98. The number of halogens is 3. The molecular formula is C15H13Cl2FO. The van der Waals surface area contributed by atoms with Crippen LogP contribution in [0, 0.1) is 5.82 Å². The van der Waals surface area contributed by atoms with Crippen LogP contribution in [-0.4, -0.2) is 11.2 Å². The van der Waals surface area contributed by atoms with Crippen molar-refractivity contribution in [1.82, 2.24) is 0 Å². The molecule has 0 aliphatic rings. The van der Waals surface area contributed by atoms with Gasteiger partial charge in [-0.2, -0.15) is 0 Å². The van der Waals surface area contributed by atoms with Crippen molar-refractivity contribution < 1.29 is 9.50 Å². The summed E-state index contributed by atoms with van der Waals surface area (Å²) in [5.41, 5.74) is 1.82. The zero-order chi connectivity index (χ0) is 13.8. The third kappa shape index (κ3) is 4.20. The van der Waals surface area contributed by atoms with Crippen molar-refractivity contribution in [3.63, 3.8) is 0 Å². The highest BCUT2D eigenvalue weighted by atomic mass is 35.5. The second kappa shape index (κ2) is 6.38. The molecule has 2 aromatic rings. The van der Waals surface area contributed by atoms with E-state index in [1.54, 1.807) is 24.3 Å². The zero-order valence-corrected chi connectivity index (χ0v) is 11.6. The minimum absolute atomic E-state index is 0.275. The summed E-state index contributed by atoms with van der Waals surface area (Å²) in [7, 11) is 0. The molecule has 2 aromatic carbocycles. The molecule has 1 atom stereocenters. The molecule has 0 aliphatic carbocycles. The van der Waals surface area contributed by atoms with Crippen LogP contribution >= 0.6 is 23.2 Å². The van der Waals surface area contributed by atoms with Crippen LogP contribution in [0.25, 0.3) is 0 Å². The largest absolute Gasteiger partial charge is 0.392 e. The lowest BCUT2D eigenvalue weighted by atomic mass is 10.0. The molecule has 0 radical (unpaired) electrons. The quantitative estimate of drug-likeness (QED) is 0.893. The lowest BCUT2D eigenvalue weighted by Crippen LogP contribution is -2.13. The molecule has 2 rings (SSSR count). The predicted molar refractivity (Wildman–Crippen MR) is 76.3 cm³/mol. The molecule has 19 heavy (non-hydrogen) atoms. The van der Waals surface area contributed by atoms with E-state index in [9.17, 15) is 9.50 Å². The SMILES string of the molecule is OC(Cc1ccc(F)cc1)Cc1ccc(Cl)c(Cl)c1. The number of aliphatic hydroxyl groups is 1. The fourth-order valence-corrected chi connectivity index (χ4v) is 2.22. The number of aliphatic hydroxyl groups excluding tert-OH is 1. The van der Waals surface area contributed by atoms with Gasteiger partial charge in [0.05, 0.1) is 16.1 Å². The van der Waals surface area contributed by atoms with E-state index in [0.717, 1.165) is 11.1 Å². The van der Waals surface area contributed by atoms with E-state index in [-0.39, 0.29) is 5.82 Å². The van der Waals surface area contributed by atoms with Crippen molar-refractivity contribution in [3.8, 4) is 0 Å². The van der Waals surface area contributed by atoms with E-state index in [1.165, 1.54) is 12.1 Å². The van der Waals surface area contributed by atoms with E-state index < -0.39 is 6.10 Å². The standard InChI is InChI=1S/C15H13Cl2FO/c16-14-6-3-11(9-15(14)17)8-13(19)7-10-1-4-12(18)5-2-10/h1-6,9,13,19H,7-8H2. The first-order valence-corrected chi connectivity index (χ1v) is 6.66. The maximum absolute atomic E-state index is 12.8. The van der Waals surface area contributed by atoms with Gasteiger partial charge in [0.25, 0.3) is 0 Å². The lowest BCUT2D eigenvalue weighted by Gasteiger charge is -2.11. The first kappa shape index (κ1) is 14.3. The van der Waals surface area contributed by atoms with Crippen molar-refractivity contribution in [2.24, 2.45) is 0 Å². The molecule has 1 N–H and O–H groups in total. The summed E-state index contributed by atoms with van der Waals surface area (Å²) in [5, 5.41) is 11.0. The van der Waals surface area contributed by atoms with Gasteiger partial charge in [0.2, 0.25) is 0 Å². The topological polar surface area (TPSA) is 20.2 Å². The highest BCUT2D eigenvalue weighted by Crippen LogP contribution is 2.23. The van der Waals surface area contributed by atoms with Crippen molar-refractivity contribution in [2.75, 3.05) is 0 Å². The molecule has 100 valence electrons. The third-order valence-corrected chi connectivity index (χ3v) is 3.58. The summed E-state index contributed by atoms with van der Waals surface area (Å²) in [5.74, 6) is -0.275. The summed E-state index contributed by atoms with van der Waals surface area (Å²) < 4.78 is 12.8. The van der Waals surface area contributed by atoms with Gasteiger partial charge in [-0.1, -0.05) is 41.4 Å². The maximum atomic E-state index is 12.8. The Morgan fingerprint density at radius 3 is 2.11 bits per heavy atom. The Labute approximate surface area is 121 Å². The second-order valence-electron chi connectivity index (χ2n) is 4.44. The number of hydrogen-bond donors (Lipinski definition) is 1. The average molecular weight is 299 g/mol. The summed E-state index contributed by atoms with van der Waals surface area (Å²) in [6, 6.07) is 11.4. The van der Waals surface area contributed by atoms with Crippen LogP contribution in [-0.2, 0) is 12.8 Å². The fourth-order valence-electron chi connectivity index (χ4n) is 1.90. The van der Waals surface area contributed by atoms with Crippen LogP contribution in [0.1, 0.15) is 11.1 Å². The average Bonchev–Trinajstić information content (AvgIpc) is 2.37. The highest BCUT2D eigenvalue weighted by Gasteiger charge is 2.08. The van der Waals surface area contributed by atoms with E-state index >= 15 is 0 Å². The Bertz CT molecular complexity index is 555. The third-order valence-electron chi connectivity index (χ3n) is 2.84. The molecule has 0 aliphatic heterocycles. The fraction of sp³-hybridized carbons (Fsp3) is 0.200. The molecule has 0 saturated heterocycles.